The summed E-state index contributed by atoms with van der Waals surface area (Å²) in [5.41, 5.74) is 1.88. The second kappa shape index (κ2) is 7.35. The van der Waals surface area contributed by atoms with Crippen molar-refractivity contribution >= 4 is 28.1 Å². The van der Waals surface area contributed by atoms with Crippen LogP contribution < -0.4 is 10.2 Å². The minimum Gasteiger partial charge on any atom is -0.368 e. The van der Waals surface area contributed by atoms with Gasteiger partial charge in [0.1, 0.15) is 23.6 Å². The Hall–Kier alpha value is -2.58. The van der Waals surface area contributed by atoms with Gasteiger partial charge in [0.15, 0.2) is 5.13 Å². The Bertz CT molecular complexity index is 865. The lowest BCUT2D eigenvalue weighted by Crippen LogP contribution is -2.39. The minimum absolute atomic E-state index is 0.0997. The Kier molecular flexibility index (Phi) is 4.77. The largest absolute Gasteiger partial charge is 0.368 e. The van der Waals surface area contributed by atoms with Crippen LogP contribution in [-0.2, 0) is 4.74 Å². The van der Waals surface area contributed by atoms with E-state index in [2.05, 4.69) is 25.2 Å². The van der Waals surface area contributed by atoms with E-state index in [0.29, 0.717) is 13.2 Å². The highest BCUT2D eigenvalue weighted by Crippen LogP contribution is 2.26. The molecular weight excluding hydrogens is 348 g/mol. The standard InChI is InChI=1S/C18H20N6OS/c1-12-10-17(21-13(2)20-12)24-7-8-25-15(11-24)14-4-3-5-16(22-14)23-18-19-6-9-26-18/h3-6,9-10,15H,7-8,11H2,1-2H3,(H,19,22,23)/t15-/m1/s1. The maximum atomic E-state index is 5.98. The zero-order valence-corrected chi connectivity index (χ0v) is 15.5. The van der Waals surface area contributed by atoms with E-state index in [4.69, 9.17) is 9.72 Å². The molecule has 0 aromatic carbocycles. The molecule has 7 nitrogen and oxygen atoms in total. The van der Waals surface area contributed by atoms with Gasteiger partial charge < -0.3 is 15.0 Å². The van der Waals surface area contributed by atoms with Gasteiger partial charge in [-0.15, -0.1) is 11.3 Å². The first-order valence-corrected chi connectivity index (χ1v) is 9.37. The molecule has 3 aromatic rings. The molecule has 134 valence electrons. The lowest BCUT2D eigenvalue weighted by Gasteiger charge is -2.33. The van der Waals surface area contributed by atoms with Crippen molar-refractivity contribution in [2.75, 3.05) is 29.9 Å². The lowest BCUT2D eigenvalue weighted by molar-refractivity contribution is 0.0368. The molecule has 0 spiro atoms. The molecule has 0 saturated carbocycles. The first-order valence-electron chi connectivity index (χ1n) is 8.50. The number of morpholine rings is 1. The number of rotatable bonds is 4. The third kappa shape index (κ3) is 3.81. The molecule has 1 aliphatic heterocycles. The number of ether oxygens (including phenoxy) is 1. The zero-order chi connectivity index (χ0) is 17.9. The van der Waals surface area contributed by atoms with E-state index in [9.17, 15) is 0 Å². The predicted molar refractivity (Wildman–Crippen MR) is 102 cm³/mol. The Balaban J connectivity index is 1.52. The predicted octanol–water partition coefficient (Wildman–Crippen LogP) is 3.27. The molecule has 0 unspecified atom stereocenters. The number of hydrogen-bond donors (Lipinski definition) is 1. The van der Waals surface area contributed by atoms with Crippen LogP contribution in [0.3, 0.4) is 0 Å². The number of aryl methyl sites for hydroxylation is 2. The first-order chi connectivity index (χ1) is 12.7. The fourth-order valence-electron chi connectivity index (χ4n) is 2.99. The van der Waals surface area contributed by atoms with Crippen LogP contribution in [0, 0.1) is 13.8 Å². The highest BCUT2D eigenvalue weighted by atomic mass is 32.1. The van der Waals surface area contributed by atoms with Crippen molar-refractivity contribution in [1.82, 2.24) is 19.9 Å². The van der Waals surface area contributed by atoms with Crippen LogP contribution in [0.15, 0.2) is 35.8 Å². The van der Waals surface area contributed by atoms with Crippen molar-refractivity contribution in [2.24, 2.45) is 0 Å². The first kappa shape index (κ1) is 16.9. The van der Waals surface area contributed by atoms with Gasteiger partial charge in [0, 0.05) is 29.9 Å². The maximum absolute atomic E-state index is 5.98. The van der Waals surface area contributed by atoms with Crippen molar-refractivity contribution in [1.29, 1.82) is 0 Å². The summed E-state index contributed by atoms with van der Waals surface area (Å²) in [6, 6.07) is 7.93. The topological polar surface area (TPSA) is 76.1 Å². The van der Waals surface area contributed by atoms with Crippen molar-refractivity contribution < 1.29 is 4.74 Å². The molecule has 3 aromatic heterocycles. The molecule has 4 heterocycles. The summed E-state index contributed by atoms with van der Waals surface area (Å²) in [6.45, 7) is 6.07. The smallest absolute Gasteiger partial charge is 0.188 e. The molecule has 1 saturated heterocycles. The van der Waals surface area contributed by atoms with E-state index < -0.39 is 0 Å². The Morgan fingerprint density at radius 2 is 2.15 bits per heavy atom. The van der Waals surface area contributed by atoms with E-state index in [-0.39, 0.29) is 6.10 Å². The van der Waals surface area contributed by atoms with Crippen LogP contribution in [0.2, 0.25) is 0 Å². The van der Waals surface area contributed by atoms with E-state index >= 15 is 0 Å². The fourth-order valence-corrected chi connectivity index (χ4v) is 3.53. The molecule has 8 heteroatoms. The second-order valence-corrected chi connectivity index (χ2v) is 7.02. The molecule has 1 fully saturated rings. The van der Waals surface area contributed by atoms with Crippen molar-refractivity contribution in [3.05, 3.63) is 53.1 Å². The molecule has 0 radical (unpaired) electrons. The van der Waals surface area contributed by atoms with Gasteiger partial charge in [-0.3, -0.25) is 0 Å². The van der Waals surface area contributed by atoms with Gasteiger partial charge in [0.25, 0.3) is 0 Å². The van der Waals surface area contributed by atoms with Crippen LogP contribution in [0.5, 0.6) is 0 Å². The highest BCUT2D eigenvalue weighted by molar-refractivity contribution is 7.13. The Labute approximate surface area is 156 Å². The number of aromatic nitrogens is 4. The van der Waals surface area contributed by atoms with Crippen molar-refractivity contribution in [3.8, 4) is 0 Å². The van der Waals surface area contributed by atoms with Gasteiger partial charge in [-0.05, 0) is 26.0 Å². The molecule has 0 bridgehead atoms. The lowest BCUT2D eigenvalue weighted by atomic mass is 10.2. The highest BCUT2D eigenvalue weighted by Gasteiger charge is 2.24. The number of thiazole rings is 1. The number of hydrogen-bond acceptors (Lipinski definition) is 8. The third-order valence-corrected chi connectivity index (χ3v) is 4.80. The van der Waals surface area contributed by atoms with E-state index in [1.807, 2.05) is 43.5 Å². The summed E-state index contributed by atoms with van der Waals surface area (Å²) in [5.74, 6) is 2.50. The number of nitrogens with one attached hydrogen (secondary N) is 1. The van der Waals surface area contributed by atoms with Gasteiger partial charge in [-0.1, -0.05) is 6.07 Å². The SMILES string of the molecule is Cc1cc(N2CCO[C@@H](c3cccc(Nc4nccs4)n3)C2)nc(C)n1. The van der Waals surface area contributed by atoms with Crippen molar-refractivity contribution in [2.45, 2.75) is 20.0 Å². The zero-order valence-electron chi connectivity index (χ0n) is 14.7. The van der Waals surface area contributed by atoms with E-state index in [1.165, 1.54) is 0 Å². The summed E-state index contributed by atoms with van der Waals surface area (Å²) in [5, 5.41) is 5.98. The summed E-state index contributed by atoms with van der Waals surface area (Å²) in [7, 11) is 0. The maximum Gasteiger partial charge on any atom is 0.188 e. The molecule has 26 heavy (non-hydrogen) atoms. The molecule has 1 aliphatic rings. The summed E-state index contributed by atoms with van der Waals surface area (Å²) < 4.78 is 5.98. The Morgan fingerprint density at radius 1 is 1.23 bits per heavy atom. The third-order valence-electron chi connectivity index (χ3n) is 4.11. The molecular formula is C18H20N6OS. The average Bonchev–Trinajstić information content (AvgIpc) is 3.14. The number of nitrogens with zero attached hydrogens (tertiary/aromatic N) is 5. The van der Waals surface area contributed by atoms with Crippen molar-refractivity contribution in [3.63, 3.8) is 0 Å². The van der Waals surface area contributed by atoms with Crippen LogP contribution in [0.4, 0.5) is 16.8 Å². The van der Waals surface area contributed by atoms with Gasteiger partial charge in [-0.25, -0.2) is 19.9 Å². The second-order valence-electron chi connectivity index (χ2n) is 6.13. The molecule has 4 rings (SSSR count). The Morgan fingerprint density at radius 3 is 2.96 bits per heavy atom. The monoisotopic (exact) mass is 368 g/mol. The average molecular weight is 368 g/mol. The summed E-state index contributed by atoms with van der Waals surface area (Å²) in [6.07, 6.45) is 1.67. The van der Waals surface area contributed by atoms with Crippen LogP contribution >= 0.6 is 11.3 Å². The van der Waals surface area contributed by atoms with Crippen LogP contribution in [0.1, 0.15) is 23.3 Å². The molecule has 0 aliphatic carbocycles. The molecule has 1 N–H and O–H groups in total. The molecule has 1 atom stereocenters. The van der Waals surface area contributed by atoms with Gasteiger partial charge >= 0.3 is 0 Å². The van der Waals surface area contributed by atoms with Gasteiger partial charge in [0.2, 0.25) is 0 Å². The van der Waals surface area contributed by atoms with E-state index in [1.54, 1.807) is 17.5 Å². The fraction of sp³-hybridized carbons (Fsp3) is 0.333. The summed E-state index contributed by atoms with van der Waals surface area (Å²) in [4.78, 5) is 20.1. The number of pyridine rings is 1. The normalized spacial score (nSPS) is 17.3. The number of anilines is 3. The molecule has 0 amide bonds. The summed E-state index contributed by atoms with van der Waals surface area (Å²) >= 11 is 1.54. The minimum atomic E-state index is -0.0997. The quantitative estimate of drug-likeness (QED) is 0.757. The van der Waals surface area contributed by atoms with Crippen LogP contribution in [0.25, 0.3) is 0 Å². The van der Waals surface area contributed by atoms with E-state index in [0.717, 1.165) is 40.5 Å². The van der Waals surface area contributed by atoms with Gasteiger partial charge in [0.05, 0.1) is 18.8 Å². The van der Waals surface area contributed by atoms with Crippen LogP contribution in [-0.4, -0.2) is 39.6 Å². The van der Waals surface area contributed by atoms with Gasteiger partial charge in [-0.2, -0.15) is 0 Å².